The molecule has 0 aromatic heterocycles. The number of hydrogen-bond acceptors (Lipinski definition) is 10. The normalized spacial score (nSPS) is 30.9. The number of allylic oxidation sites excluding steroid dienone is 14. The van der Waals surface area contributed by atoms with Crippen molar-refractivity contribution in [2.45, 2.75) is 155 Å². The number of carbonyl (C=O) groups excluding carboxylic acids is 1. The van der Waals surface area contributed by atoms with Crippen LogP contribution in [0.25, 0.3) is 0 Å². The van der Waals surface area contributed by atoms with Gasteiger partial charge >= 0.3 is 11.9 Å². The number of methoxy groups -OCH3 is 1. The van der Waals surface area contributed by atoms with Crippen LogP contribution in [-0.2, 0) is 19.1 Å². The molecule has 0 fully saturated rings. The van der Waals surface area contributed by atoms with Gasteiger partial charge in [0.15, 0.2) is 0 Å². The minimum atomic E-state index is -1.25. The van der Waals surface area contributed by atoms with E-state index in [0.717, 1.165) is 17.6 Å². The number of carboxylic acids is 1. The lowest BCUT2D eigenvalue weighted by Gasteiger charge is -2.33. The van der Waals surface area contributed by atoms with Crippen LogP contribution in [0.3, 0.4) is 0 Å². The third kappa shape index (κ3) is 23.9. The molecule has 0 aliphatic carbocycles. The molecule has 338 valence electrons. The van der Waals surface area contributed by atoms with E-state index in [1.54, 1.807) is 47.0 Å². The molecule has 11 nitrogen and oxygen atoms in total. The van der Waals surface area contributed by atoms with E-state index in [9.17, 15) is 40.2 Å². The molecule has 0 saturated carbocycles. The SMILES string of the molecule is CO[C@@H]1C/C=C\C=C\C[C@H](C)[C@@H](O)[C@H](C)[C@@H](O)[C@H](C)[C@H](O)CC(=O)O[C@H]([C@H](C)[C@H](O)/C=C(C)/C=C/C=C/C=C/C=C/C=C/C[C@H](O)/C=C(\C)CCC(=O)O)C[C@H](O)CCC1. The minimum absolute atomic E-state index is 0.0389. The van der Waals surface area contributed by atoms with Gasteiger partial charge in [-0.25, -0.2) is 0 Å². The lowest BCUT2D eigenvalue weighted by Crippen LogP contribution is -2.42. The van der Waals surface area contributed by atoms with Crippen LogP contribution in [-0.4, -0.2) is 104 Å². The highest BCUT2D eigenvalue weighted by molar-refractivity contribution is 5.70. The smallest absolute Gasteiger partial charge is 0.308 e. The molecule has 1 rings (SSSR count). The maximum atomic E-state index is 13.3. The van der Waals surface area contributed by atoms with Crippen LogP contribution in [0, 0.1) is 23.7 Å². The number of rotatable bonds is 15. The summed E-state index contributed by atoms with van der Waals surface area (Å²) in [5.41, 5.74) is 1.61. The van der Waals surface area contributed by atoms with E-state index in [1.165, 1.54) is 0 Å². The molecule has 7 N–H and O–H groups in total. The molecular weight excluding hydrogens is 765 g/mol. The number of hydrogen-bond donors (Lipinski definition) is 7. The molecule has 0 saturated heterocycles. The quantitative estimate of drug-likeness (QED) is 0.0493. The molecular formula is C49H76O11. The first-order valence-corrected chi connectivity index (χ1v) is 21.5. The van der Waals surface area contributed by atoms with Crippen LogP contribution < -0.4 is 0 Å². The fourth-order valence-corrected chi connectivity index (χ4v) is 6.86. The zero-order chi connectivity index (χ0) is 45.0. The Morgan fingerprint density at radius 2 is 1.47 bits per heavy atom. The molecule has 1 heterocycles. The summed E-state index contributed by atoms with van der Waals surface area (Å²) in [6, 6.07) is 0. The Morgan fingerprint density at radius 3 is 2.10 bits per heavy atom. The predicted molar refractivity (Wildman–Crippen MR) is 239 cm³/mol. The zero-order valence-electron chi connectivity index (χ0n) is 37.0. The highest BCUT2D eigenvalue weighted by Crippen LogP contribution is 2.28. The maximum Gasteiger partial charge on any atom is 0.308 e. The number of carboxylic acid groups (broad SMARTS) is 1. The summed E-state index contributed by atoms with van der Waals surface area (Å²) < 4.78 is 11.5. The number of carbonyl (C=O) groups is 2. The fourth-order valence-electron chi connectivity index (χ4n) is 6.86. The van der Waals surface area contributed by atoms with Gasteiger partial charge in [0.25, 0.3) is 0 Å². The van der Waals surface area contributed by atoms with Gasteiger partial charge in [-0.1, -0.05) is 136 Å². The van der Waals surface area contributed by atoms with E-state index in [1.807, 2.05) is 98.9 Å². The number of cyclic esters (lactones) is 1. The molecule has 60 heavy (non-hydrogen) atoms. The Balaban J connectivity index is 2.98. The number of esters is 1. The summed E-state index contributed by atoms with van der Waals surface area (Å²) in [5.74, 6) is -3.64. The van der Waals surface area contributed by atoms with Crippen molar-refractivity contribution < 1.29 is 54.8 Å². The average Bonchev–Trinajstić information content (AvgIpc) is 3.20. The molecule has 0 unspecified atom stereocenters. The van der Waals surface area contributed by atoms with E-state index in [4.69, 9.17) is 14.6 Å². The van der Waals surface area contributed by atoms with Crippen molar-refractivity contribution in [2.24, 2.45) is 23.7 Å². The largest absolute Gasteiger partial charge is 0.481 e. The Morgan fingerprint density at radius 1 is 0.850 bits per heavy atom. The van der Waals surface area contributed by atoms with Crippen molar-refractivity contribution in [3.63, 3.8) is 0 Å². The minimum Gasteiger partial charge on any atom is -0.481 e. The van der Waals surface area contributed by atoms with E-state index in [2.05, 4.69) is 0 Å². The Labute approximate surface area is 359 Å². The van der Waals surface area contributed by atoms with Gasteiger partial charge in [0.1, 0.15) is 6.10 Å². The topological polar surface area (TPSA) is 194 Å². The second kappa shape index (κ2) is 31.2. The summed E-state index contributed by atoms with van der Waals surface area (Å²) in [5, 5.41) is 74.2. The van der Waals surface area contributed by atoms with Gasteiger partial charge in [-0.05, 0) is 64.7 Å². The van der Waals surface area contributed by atoms with Crippen molar-refractivity contribution in [3.05, 3.63) is 108 Å². The summed E-state index contributed by atoms with van der Waals surface area (Å²) in [6.07, 6.45) is 26.7. The fraction of sp³-hybridized carbons (Fsp3) is 0.592. The molecule has 12 atom stereocenters. The summed E-state index contributed by atoms with van der Waals surface area (Å²) in [7, 11) is 1.66. The van der Waals surface area contributed by atoms with Crippen molar-refractivity contribution in [3.8, 4) is 0 Å². The van der Waals surface area contributed by atoms with Gasteiger partial charge in [-0.2, -0.15) is 0 Å². The van der Waals surface area contributed by atoms with Crippen LogP contribution in [0.1, 0.15) is 106 Å². The van der Waals surface area contributed by atoms with E-state index >= 15 is 0 Å². The van der Waals surface area contributed by atoms with E-state index in [-0.39, 0.29) is 24.9 Å². The molecule has 0 spiro atoms. The maximum absolute atomic E-state index is 13.3. The van der Waals surface area contributed by atoms with Crippen molar-refractivity contribution in [1.29, 1.82) is 0 Å². The summed E-state index contributed by atoms with van der Waals surface area (Å²) in [4.78, 5) is 23.9. The second-order valence-electron chi connectivity index (χ2n) is 16.4. The Hall–Kier alpha value is -3.68. The van der Waals surface area contributed by atoms with Crippen LogP contribution in [0.4, 0.5) is 0 Å². The first-order chi connectivity index (χ1) is 28.5. The van der Waals surface area contributed by atoms with Crippen LogP contribution >= 0.6 is 0 Å². The van der Waals surface area contributed by atoms with Gasteiger partial charge in [-0.15, -0.1) is 0 Å². The molecule has 0 bridgehead atoms. The zero-order valence-corrected chi connectivity index (χ0v) is 37.0. The van der Waals surface area contributed by atoms with Gasteiger partial charge in [0.05, 0.1) is 49.1 Å². The van der Waals surface area contributed by atoms with Gasteiger partial charge in [0.2, 0.25) is 0 Å². The number of aliphatic hydroxyl groups is 6. The highest BCUT2D eigenvalue weighted by Gasteiger charge is 2.35. The molecule has 0 amide bonds. The number of aliphatic hydroxyl groups excluding tert-OH is 6. The van der Waals surface area contributed by atoms with Crippen LogP contribution in [0.2, 0.25) is 0 Å². The van der Waals surface area contributed by atoms with Crippen molar-refractivity contribution >= 4 is 11.9 Å². The van der Waals surface area contributed by atoms with Crippen molar-refractivity contribution in [2.75, 3.05) is 7.11 Å². The summed E-state index contributed by atoms with van der Waals surface area (Å²) in [6.45, 7) is 10.7. The van der Waals surface area contributed by atoms with Crippen LogP contribution in [0.5, 0.6) is 0 Å². The molecule has 0 aromatic rings. The third-order valence-electron chi connectivity index (χ3n) is 11.1. The first-order valence-electron chi connectivity index (χ1n) is 21.5. The van der Waals surface area contributed by atoms with Crippen molar-refractivity contribution in [1.82, 2.24) is 0 Å². The highest BCUT2D eigenvalue weighted by atomic mass is 16.5. The van der Waals surface area contributed by atoms with Gasteiger partial charge < -0.3 is 45.2 Å². The number of aliphatic carboxylic acids is 1. The molecule has 1 aliphatic heterocycles. The monoisotopic (exact) mass is 841 g/mol. The van der Waals surface area contributed by atoms with Crippen LogP contribution in [0.15, 0.2) is 108 Å². The van der Waals surface area contributed by atoms with Gasteiger partial charge in [-0.3, -0.25) is 9.59 Å². The molecule has 1 aliphatic rings. The van der Waals surface area contributed by atoms with E-state index in [0.29, 0.717) is 38.5 Å². The standard InChI is InChI=1S/C49H76O11/c1-34(22-17-13-11-9-8-10-12-14-19-24-40(50)30-35(2)28-29-46(54)55)31-43(52)37(4)45-32-41(51)25-21-27-42(59-7)26-20-16-15-18-23-36(3)48(57)39(6)49(58)38(5)44(53)33-47(56)60-45/h8-20,22,30-31,36-45,48-53,57-58H,21,23-29,32-33H2,1-7H3,(H,54,55)/b9-8+,12-10+,13-11+,18-15+,19-14+,20-16-,22-17+,34-31+,35-30+/t36-,37+,38+,39-,40-,41+,42+,43+,44+,45-,48+,49-/m0/s1. The first kappa shape index (κ1) is 54.3. The third-order valence-corrected chi connectivity index (χ3v) is 11.1. The lowest BCUT2D eigenvalue weighted by atomic mass is 9.81. The number of ether oxygens (including phenoxy) is 2. The average molecular weight is 841 g/mol. The summed E-state index contributed by atoms with van der Waals surface area (Å²) >= 11 is 0. The predicted octanol–water partition coefficient (Wildman–Crippen LogP) is 7.41. The Kier molecular flexibility index (Phi) is 28.3. The van der Waals surface area contributed by atoms with Gasteiger partial charge in [0, 0.05) is 37.7 Å². The Bertz CT molecular complexity index is 1500. The molecule has 0 aromatic carbocycles. The molecule has 0 radical (unpaired) electrons. The second-order valence-corrected chi connectivity index (χ2v) is 16.4. The lowest BCUT2D eigenvalue weighted by molar-refractivity contribution is -0.159. The van der Waals surface area contributed by atoms with E-state index < -0.39 is 78.8 Å². The molecule has 11 heteroatoms.